The molecule has 1 heterocycles. The third-order valence-corrected chi connectivity index (χ3v) is 7.20. The molecule has 3 aromatic carbocycles. The second-order valence-electron chi connectivity index (χ2n) is 9.56. The van der Waals surface area contributed by atoms with Crippen molar-refractivity contribution in [2.24, 2.45) is 5.92 Å². The third kappa shape index (κ3) is 5.05. The van der Waals surface area contributed by atoms with Gasteiger partial charge in [0.05, 0.1) is 6.61 Å². The number of allylic oxidation sites excluding steroid dienone is 2. The maximum absolute atomic E-state index is 14.9. The van der Waals surface area contributed by atoms with E-state index in [0.29, 0.717) is 29.2 Å². The largest absolute Gasteiger partial charge is 0.486 e. The Hall–Kier alpha value is -3.12. The molecular weight excluding hydrogens is 468 g/mol. The Balaban J connectivity index is 1.24. The maximum atomic E-state index is 14.9. The summed E-state index contributed by atoms with van der Waals surface area (Å²) in [4.78, 5) is 0. The second kappa shape index (κ2) is 10.5. The predicted octanol–water partition coefficient (Wildman–Crippen LogP) is 8.41. The van der Waals surface area contributed by atoms with Gasteiger partial charge in [-0.15, -0.1) is 0 Å². The van der Waals surface area contributed by atoms with Crippen LogP contribution in [0.1, 0.15) is 61.3 Å². The zero-order valence-electron chi connectivity index (χ0n) is 20.1. The molecule has 2 nitrogen and oxygen atoms in total. The number of benzene rings is 3. The van der Waals surface area contributed by atoms with Gasteiger partial charge in [-0.1, -0.05) is 54.6 Å². The third-order valence-electron chi connectivity index (χ3n) is 7.20. The molecule has 0 amide bonds. The van der Waals surface area contributed by atoms with E-state index in [1.165, 1.54) is 18.2 Å². The second-order valence-corrected chi connectivity index (χ2v) is 9.56. The Morgan fingerprint density at radius 2 is 1.47 bits per heavy atom. The fourth-order valence-electron chi connectivity index (χ4n) is 5.07. The van der Waals surface area contributed by atoms with Crippen LogP contribution in [0.15, 0.2) is 60.7 Å². The molecule has 0 bridgehead atoms. The van der Waals surface area contributed by atoms with E-state index < -0.39 is 23.3 Å². The van der Waals surface area contributed by atoms with Gasteiger partial charge in [-0.25, -0.2) is 13.2 Å². The molecule has 0 N–H and O–H groups in total. The van der Waals surface area contributed by atoms with E-state index in [9.17, 15) is 17.6 Å². The predicted molar refractivity (Wildman–Crippen MR) is 131 cm³/mol. The van der Waals surface area contributed by atoms with Crippen molar-refractivity contribution in [2.75, 3.05) is 6.61 Å². The number of rotatable bonds is 7. The van der Waals surface area contributed by atoms with E-state index in [1.807, 2.05) is 13.0 Å². The smallest absolute Gasteiger partial charge is 0.200 e. The van der Waals surface area contributed by atoms with E-state index in [0.717, 1.165) is 25.7 Å². The van der Waals surface area contributed by atoms with Crippen LogP contribution in [-0.4, -0.2) is 6.61 Å². The van der Waals surface area contributed by atoms with Crippen molar-refractivity contribution in [1.82, 2.24) is 0 Å². The SMILES string of the molecule is C/C=C/C1CCC(c2ccc(OCc3ccc(-c4ccc(C5CO5)c(F)c4F)cc3)c(F)c2F)CC1. The van der Waals surface area contributed by atoms with Crippen molar-refractivity contribution in [3.8, 4) is 16.9 Å². The molecule has 1 aliphatic carbocycles. The Morgan fingerprint density at radius 3 is 2.14 bits per heavy atom. The van der Waals surface area contributed by atoms with Gasteiger partial charge >= 0.3 is 0 Å². The van der Waals surface area contributed by atoms with E-state index in [1.54, 1.807) is 30.3 Å². The van der Waals surface area contributed by atoms with Gasteiger partial charge in [-0.3, -0.25) is 0 Å². The lowest BCUT2D eigenvalue weighted by atomic mass is 9.78. The highest BCUT2D eigenvalue weighted by Crippen LogP contribution is 2.39. The lowest BCUT2D eigenvalue weighted by molar-refractivity contribution is 0.282. The molecule has 0 radical (unpaired) electrons. The lowest BCUT2D eigenvalue weighted by Gasteiger charge is -2.27. The number of epoxide rings is 1. The standard InChI is InChI=1S/C30H28F4O2/c1-2-3-18-4-8-20(9-5-18)23-14-15-25(30(34)28(23)32)35-16-19-6-10-21(11-7-19)22-12-13-24(26-17-36-26)29(33)27(22)31/h2-3,6-7,10-15,18,20,26H,4-5,8-9,16-17H2,1H3/b3-2+. The maximum Gasteiger partial charge on any atom is 0.200 e. The normalized spacial score (nSPS) is 21.6. The first-order valence-electron chi connectivity index (χ1n) is 12.4. The van der Waals surface area contributed by atoms with Crippen molar-refractivity contribution in [3.63, 3.8) is 0 Å². The van der Waals surface area contributed by atoms with E-state index >= 15 is 0 Å². The fourth-order valence-corrected chi connectivity index (χ4v) is 5.07. The number of halogens is 4. The van der Waals surface area contributed by atoms with Crippen LogP contribution in [-0.2, 0) is 11.3 Å². The average molecular weight is 497 g/mol. The first kappa shape index (κ1) is 24.6. The average Bonchev–Trinajstić information content (AvgIpc) is 3.73. The van der Waals surface area contributed by atoms with Crippen molar-refractivity contribution in [2.45, 2.75) is 51.2 Å². The zero-order chi connectivity index (χ0) is 25.2. The molecule has 0 aromatic heterocycles. The summed E-state index contributed by atoms with van der Waals surface area (Å²) < 4.78 is 69.2. The summed E-state index contributed by atoms with van der Waals surface area (Å²) in [6, 6.07) is 12.9. The quantitative estimate of drug-likeness (QED) is 0.186. The van der Waals surface area contributed by atoms with Gasteiger partial charge in [0.25, 0.3) is 0 Å². The van der Waals surface area contributed by atoms with Crippen molar-refractivity contribution >= 4 is 0 Å². The van der Waals surface area contributed by atoms with Gasteiger partial charge in [-0.05, 0) is 67.2 Å². The summed E-state index contributed by atoms with van der Waals surface area (Å²) in [5.74, 6) is -3.24. The van der Waals surface area contributed by atoms with Crippen LogP contribution in [0, 0.1) is 29.2 Å². The molecule has 6 heteroatoms. The van der Waals surface area contributed by atoms with Gasteiger partial charge < -0.3 is 9.47 Å². The Kier molecular flexibility index (Phi) is 7.15. The van der Waals surface area contributed by atoms with Crippen LogP contribution in [0.4, 0.5) is 17.6 Å². The lowest BCUT2D eigenvalue weighted by Crippen LogP contribution is -2.13. The van der Waals surface area contributed by atoms with E-state index in [4.69, 9.17) is 9.47 Å². The molecule has 1 atom stereocenters. The summed E-state index contributed by atoms with van der Waals surface area (Å²) >= 11 is 0. The minimum absolute atomic E-state index is 0.0127. The first-order valence-corrected chi connectivity index (χ1v) is 12.4. The van der Waals surface area contributed by atoms with Gasteiger partial charge in [-0.2, -0.15) is 4.39 Å². The van der Waals surface area contributed by atoms with Gasteiger partial charge in [0.2, 0.25) is 5.82 Å². The molecule has 2 fully saturated rings. The van der Waals surface area contributed by atoms with Crippen molar-refractivity contribution in [1.29, 1.82) is 0 Å². The van der Waals surface area contributed by atoms with Gasteiger partial charge in [0, 0.05) is 11.1 Å². The molecule has 1 saturated heterocycles. The Labute approximate surface area is 208 Å². The summed E-state index contributed by atoms with van der Waals surface area (Å²) in [5.41, 5.74) is 1.98. The molecule has 1 aliphatic heterocycles. The van der Waals surface area contributed by atoms with Crippen LogP contribution in [0.25, 0.3) is 11.1 Å². The minimum Gasteiger partial charge on any atom is -0.486 e. The van der Waals surface area contributed by atoms with Gasteiger partial charge in [0.15, 0.2) is 23.2 Å². The topological polar surface area (TPSA) is 21.8 Å². The molecule has 2 aliphatic rings. The molecule has 1 unspecified atom stereocenters. The summed E-state index contributed by atoms with van der Waals surface area (Å²) in [7, 11) is 0. The monoisotopic (exact) mass is 496 g/mol. The van der Waals surface area contributed by atoms with Crippen LogP contribution in [0.2, 0.25) is 0 Å². The van der Waals surface area contributed by atoms with Gasteiger partial charge in [0.1, 0.15) is 12.7 Å². The van der Waals surface area contributed by atoms with Crippen LogP contribution in [0.5, 0.6) is 5.75 Å². The first-order chi connectivity index (χ1) is 17.5. The zero-order valence-corrected chi connectivity index (χ0v) is 20.1. The molecule has 5 rings (SSSR count). The summed E-state index contributed by atoms with van der Waals surface area (Å²) in [6.45, 7) is 2.41. The Bertz CT molecular complexity index is 1260. The Morgan fingerprint density at radius 1 is 0.806 bits per heavy atom. The van der Waals surface area contributed by atoms with Crippen LogP contribution >= 0.6 is 0 Å². The van der Waals surface area contributed by atoms with Crippen molar-refractivity contribution < 1.29 is 27.0 Å². The van der Waals surface area contributed by atoms with Crippen LogP contribution in [0.3, 0.4) is 0 Å². The number of ether oxygens (including phenoxy) is 2. The van der Waals surface area contributed by atoms with Crippen LogP contribution < -0.4 is 4.74 Å². The summed E-state index contributed by atoms with van der Waals surface area (Å²) in [6.07, 6.45) is 7.47. The minimum atomic E-state index is -0.975. The molecule has 1 saturated carbocycles. The highest BCUT2D eigenvalue weighted by Gasteiger charge is 2.30. The highest BCUT2D eigenvalue weighted by molar-refractivity contribution is 5.65. The number of hydrogen-bond acceptors (Lipinski definition) is 2. The van der Waals surface area contributed by atoms with Crippen molar-refractivity contribution in [3.05, 3.63) is 101 Å². The molecular formula is C30H28F4O2. The number of hydrogen-bond donors (Lipinski definition) is 0. The molecule has 36 heavy (non-hydrogen) atoms. The van der Waals surface area contributed by atoms with E-state index in [2.05, 4.69) is 6.08 Å². The molecule has 3 aromatic rings. The molecule has 188 valence electrons. The molecule has 0 spiro atoms. The summed E-state index contributed by atoms with van der Waals surface area (Å²) in [5, 5.41) is 0. The fraction of sp³-hybridized carbons (Fsp3) is 0.333. The van der Waals surface area contributed by atoms with E-state index in [-0.39, 0.29) is 35.5 Å². The highest BCUT2D eigenvalue weighted by atomic mass is 19.2.